The second-order valence-corrected chi connectivity index (χ2v) is 4.68. The van der Waals surface area contributed by atoms with E-state index in [0.29, 0.717) is 24.2 Å². The van der Waals surface area contributed by atoms with Crippen LogP contribution in [0.25, 0.3) is 0 Å². The maximum absolute atomic E-state index is 5.95. The number of nitrogens with one attached hydrogen (secondary N) is 1. The molecule has 0 aromatic carbocycles. The molecule has 0 aliphatic rings. The maximum atomic E-state index is 5.95. The Morgan fingerprint density at radius 1 is 1.07 bits per heavy atom. The number of hydrogen-bond donors (Lipinski definition) is 1. The maximum Gasteiger partial charge on any atom is 0.0700 e. The summed E-state index contributed by atoms with van der Waals surface area (Å²) in [4.78, 5) is 0. The third-order valence-corrected chi connectivity index (χ3v) is 2.56. The van der Waals surface area contributed by atoms with E-state index in [1.54, 1.807) is 0 Å². The third kappa shape index (κ3) is 6.39. The first-order valence-corrected chi connectivity index (χ1v) is 5.86. The smallest absolute Gasteiger partial charge is 0.0700 e. The van der Waals surface area contributed by atoms with E-state index < -0.39 is 0 Å². The van der Waals surface area contributed by atoms with Crippen molar-refractivity contribution in [2.24, 2.45) is 5.92 Å². The Morgan fingerprint density at radius 3 is 2.00 bits per heavy atom. The van der Waals surface area contributed by atoms with Crippen molar-refractivity contribution in [3.8, 4) is 0 Å². The van der Waals surface area contributed by atoms with Gasteiger partial charge >= 0.3 is 0 Å². The molecular weight excluding hydrogens is 174 g/mol. The molecule has 0 spiro atoms. The summed E-state index contributed by atoms with van der Waals surface area (Å²) in [6, 6.07) is 0.544. The van der Waals surface area contributed by atoms with Gasteiger partial charge in [0.05, 0.1) is 12.2 Å². The summed E-state index contributed by atoms with van der Waals surface area (Å²) in [6.07, 6.45) is 1.79. The van der Waals surface area contributed by atoms with E-state index in [0.717, 1.165) is 13.0 Å². The lowest BCUT2D eigenvalue weighted by molar-refractivity contribution is -0.0263. The van der Waals surface area contributed by atoms with Gasteiger partial charge in [-0.15, -0.1) is 0 Å². The quantitative estimate of drug-likeness (QED) is 0.684. The second kappa shape index (κ2) is 7.24. The van der Waals surface area contributed by atoms with E-state index in [2.05, 4.69) is 46.9 Å². The molecular formula is C12H27NO. The highest BCUT2D eigenvalue weighted by atomic mass is 16.5. The van der Waals surface area contributed by atoms with Gasteiger partial charge in [0.2, 0.25) is 0 Å². The van der Waals surface area contributed by atoms with Gasteiger partial charge in [0, 0.05) is 12.6 Å². The Kier molecular flexibility index (Phi) is 7.20. The fraction of sp³-hybridized carbons (Fsp3) is 1.00. The topological polar surface area (TPSA) is 21.3 Å². The SMILES string of the molecule is CCC(CNC(C)C)OC(C)C(C)C. The second-order valence-electron chi connectivity index (χ2n) is 4.68. The lowest BCUT2D eigenvalue weighted by Crippen LogP contribution is -2.35. The molecule has 1 N–H and O–H groups in total. The monoisotopic (exact) mass is 201 g/mol. The van der Waals surface area contributed by atoms with Gasteiger partial charge in [-0.05, 0) is 19.3 Å². The molecule has 0 amide bonds. The summed E-state index contributed by atoms with van der Waals surface area (Å²) in [7, 11) is 0. The summed E-state index contributed by atoms with van der Waals surface area (Å²) in [5.74, 6) is 0.600. The fourth-order valence-electron chi connectivity index (χ4n) is 1.12. The van der Waals surface area contributed by atoms with Crippen molar-refractivity contribution in [1.82, 2.24) is 5.32 Å². The molecule has 2 heteroatoms. The molecule has 0 aromatic rings. The highest BCUT2D eigenvalue weighted by molar-refractivity contribution is 4.65. The van der Waals surface area contributed by atoms with E-state index in [1.165, 1.54) is 0 Å². The van der Waals surface area contributed by atoms with Crippen molar-refractivity contribution >= 4 is 0 Å². The van der Waals surface area contributed by atoms with E-state index in [9.17, 15) is 0 Å². The van der Waals surface area contributed by atoms with E-state index >= 15 is 0 Å². The predicted octanol–water partition coefficient (Wildman–Crippen LogP) is 2.82. The zero-order chi connectivity index (χ0) is 11.1. The van der Waals surface area contributed by atoms with Gasteiger partial charge in [0.15, 0.2) is 0 Å². The van der Waals surface area contributed by atoms with Crippen LogP contribution in [-0.2, 0) is 4.74 Å². The van der Waals surface area contributed by atoms with E-state index in [1.807, 2.05) is 0 Å². The highest BCUT2D eigenvalue weighted by Gasteiger charge is 2.14. The normalized spacial score (nSPS) is 16.3. The van der Waals surface area contributed by atoms with Crippen LogP contribution in [0.4, 0.5) is 0 Å². The number of ether oxygens (including phenoxy) is 1. The minimum Gasteiger partial charge on any atom is -0.374 e. The largest absolute Gasteiger partial charge is 0.374 e. The fourth-order valence-corrected chi connectivity index (χ4v) is 1.12. The van der Waals surface area contributed by atoms with Crippen LogP contribution in [-0.4, -0.2) is 24.8 Å². The average Bonchev–Trinajstić information content (AvgIpc) is 2.11. The highest BCUT2D eigenvalue weighted by Crippen LogP contribution is 2.10. The van der Waals surface area contributed by atoms with Crippen molar-refractivity contribution in [3.05, 3.63) is 0 Å². The molecule has 0 aliphatic heterocycles. The molecule has 0 saturated carbocycles. The van der Waals surface area contributed by atoms with Crippen molar-refractivity contribution < 1.29 is 4.74 Å². The van der Waals surface area contributed by atoms with E-state index in [-0.39, 0.29) is 0 Å². The molecule has 0 saturated heterocycles. The molecule has 2 unspecified atom stereocenters. The van der Waals surface area contributed by atoms with Crippen molar-refractivity contribution in [3.63, 3.8) is 0 Å². The zero-order valence-corrected chi connectivity index (χ0v) is 10.6. The third-order valence-electron chi connectivity index (χ3n) is 2.56. The molecule has 0 radical (unpaired) electrons. The summed E-state index contributed by atoms with van der Waals surface area (Å²) in [5.41, 5.74) is 0. The number of rotatable bonds is 7. The minimum atomic E-state index is 0.355. The predicted molar refractivity (Wildman–Crippen MR) is 62.6 cm³/mol. The lowest BCUT2D eigenvalue weighted by Gasteiger charge is -2.25. The Bertz CT molecular complexity index is 134. The number of hydrogen-bond acceptors (Lipinski definition) is 2. The van der Waals surface area contributed by atoms with Crippen LogP contribution in [0.2, 0.25) is 0 Å². The van der Waals surface area contributed by atoms with Gasteiger partial charge in [-0.3, -0.25) is 0 Å². The van der Waals surface area contributed by atoms with Crippen LogP contribution < -0.4 is 5.32 Å². The van der Waals surface area contributed by atoms with Gasteiger partial charge in [0.1, 0.15) is 0 Å². The average molecular weight is 201 g/mol. The first kappa shape index (κ1) is 13.9. The first-order valence-electron chi connectivity index (χ1n) is 5.86. The molecule has 0 fully saturated rings. The van der Waals surface area contributed by atoms with E-state index in [4.69, 9.17) is 4.74 Å². The summed E-state index contributed by atoms with van der Waals surface area (Å²) >= 11 is 0. The van der Waals surface area contributed by atoms with Crippen LogP contribution in [0.5, 0.6) is 0 Å². The van der Waals surface area contributed by atoms with Gasteiger partial charge in [-0.25, -0.2) is 0 Å². The van der Waals surface area contributed by atoms with Crippen molar-refractivity contribution in [1.29, 1.82) is 0 Å². The standard InChI is InChI=1S/C12H27NO/c1-7-12(8-13-10(4)5)14-11(6)9(2)3/h9-13H,7-8H2,1-6H3. The molecule has 0 heterocycles. The van der Waals surface area contributed by atoms with Crippen molar-refractivity contribution in [2.75, 3.05) is 6.54 Å². The van der Waals surface area contributed by atoms with Crippen LogP contribution >= 0.6 is 0 Å². The Morgan fingerprint density at radius 2 is 1.64 bits per heavy atom. The molecule has 0 aliphatic carbocycles. The van der Waals surface area contributed by atoms with Gasteiger partial charge < -0.3 is 10.1 Å². The minimum absolute atomic E-state index is 0.355. The molecule has 2 atom stereocenters. The van der Waals surface area contributed by atoms with Gasteiger partial charge in [0.25, 0.3) is 0 Å². The zero-order valence-electron chi connectivity index (χ0n) is 10.6. The van der Waals surface area contributed by atoms with Crippen LogP contribution in [0, 0.1) is 5.92 Å². The Balaban J connectivity index is 3.78. The van der Waals surface area contributed by atoms with Gasteiger partial charge in [-0.1, -0.05) is 34.6 Å². The molecule has 0 aromatic heterocycles. The Hall–Kier alpha value is -0.0800. The van der Waals surface area contributed by atoms with Crippen LogP contribution in [0.3, 0.4) is 0 Å². The summed E-state index contributed by atoms with van der Waals surface area (Å²) in [6.45, 7) is 14.0. The van der Waals surface area contributed by atoms with Crippen LogP contribution in [0.15, 0.2) is 0 Å². The molecule has 0 bridgehead atoms. The van der Waals surface area contributed by atoms with Crippen LogP contribution in [0.1, 0.15) is 48.0 Å². The molecule has 86 valence electrons. The molecule has 0 rings (SSSR count). The summed E-state index contributed by atoms with van der Waals surface area (Å²) in [5, 5.41) is 3.42. The van der Waals surface area contributed by atoms with Crippen molar-refractivity contribution in [2.45, 2.75) is 66.2 Å². The lowest BCUT2D eigenvalue weighted by atomic mass is 10.1. The first-order chi connectivity index (χ1) is 6.47. The van der Waals surface area contributed by atoms with Gasteiger partial charge in [-0.2, -0.15) is 0 Å². The Labute approximate surface area is 89.4 Å². The summed E-state index contributed by atoms with van der Waals surface area (Å²) < 4.78 is 5.95. The molecule has 2 nitrogen and oxygen atoms in total. The molecule has 14 heavy (non-hydrogen) atoms.